The van der Waals surface area contributed by atoms with E-state index in [1.807, 2.05) is 4.72 Å². The Kier molecular flexibility index (Phi) is 3.89. The highest BCUT2D eigenvalue weighted by molar-refractivity contribution is 9.10. The maximum atomic E-state index is 11.5. The minimum Gasteiger partial charge on any atom is -0.258 e. The normalized spacial score (nSPS) is 11.4. The molecule has 1 aromatic carbocycles. The van der Waals surface area contributed by atoms with Crippen LogP contribution in [-0.4, -0.2) is 20.4 Å². The molecule has 16 heavy (non-hydrogen) atoms. The maximum Gasteiger partial charge on any atom is 0.290 e. The zero-order valence-electron chi connectivity index (χ0n) is 7.90. The number of hydrogen-bond donors (Lipinski definition) is 1. The van der Waals surface area contributed by atoms with Crippen LogP contribution in [0, 0.1) is 10.1 Å². The van der Waals surface area contributed by atoms with E-state index in [0.717, 1.165) is 19.2 Å². The first-order valence-electron chi connectivity index (χ1n) is 3.86. The average Bonchev–Trinajstić information content (AvgIpc) is 2.21. The summed E-state index contributed by atoms with van der Waals surface area (Å²) in [5, 5.41) is 10.8. The van der Waals surface area contributed by atoms with E-state index in [2.05, 4.69) is 15.9 Å². The van der Waals surface area contributed by atoms with Crippen molar-refractivity contribution in [3.63, 3.8) is 0 Å². The van der Waals surface area contributed by atoms with Crippen LogP contribution in [0.4, 0.5) is 5.69 Å². The molecule has 0 aliphatic heterocycles. The molecule has 0 spiro atoms. The van der Waals surface area contributed by atoms with E-state index >= 15 is 0 Å². The van der Waals surface area contributed by atoms with Gasteiger partial charge in [0, 0.05) is 10.5 Å². The van der Waals surface area contributed by atoms with E-state index in [-0.39, 0.29) is 9.50 Å². The van der Waals surface area contributed by atoms with Crippen LogP contribution in [0.5, 0.6) is 0 Å². The molecule has 0 radical (unpaired) electrons. The number of benzene rings is 1. The van der Waals surface area contributed by atoms with E-state index < -0.39 is 25.5 Å². The SMILES string of the molecule is CNS(=O)(=O)c1cc(Cl)c(Br)cc1[N+](=O)[O-]. The predicted molar refractivity (Wildman–Crippen MR) is 62.1 cm³/mol. The molecule has 0 amide bonds. The number of hydrogen-bond acceptors (Lipinski definition) is 4. The van der Waals surface area contributed by atoms with Gasteiger partial charge >= 0.3 is 0 Å². The van der Waals surface area contributed by atoms with Crippen molar-refractivity contribution >= 4 is 43.2 Å². The third-order valence-corrected chi connectivity index (χ3v) is 4.40. The van der Waals surface area contributed by atoms with Crippen molar-refractivity contribution in [1.82, 2.24) is 4.72 Å². The fourth-order valence-corrected chi connectivity index (χ4v) is 2.45. The number of nitrogens with one attached hydrogen (secondary N) is 1. The summed E-state index contributed by atoms with van der Waals surface area (Å²) in [6.45, 7) is 0. The van der Waals surface area contributed by atoms with Crippen molar-refractivity contribution in [2.75, 3.05) is 7.05 Å². The van der Waals surface area contributed by atoms with Gasteiger partial charge in [-0.1, -0.05) is 11.6 Å². The van der Waals surface area contributed by atoms with Crippen molar-refractivity contribution < 1.29 is 13.3 Å². The largest absolute Gasteiger partial charge is 0.290 e. The lowest BCUT2D eigenvalue weighted by molar-refractivity contribution is -0.387. The van der Waals surface area contributed by atoms with Gasteiger partial charge < -0.3 is 0 Å². The summed E-state index contributed by atoms with van der Waals surface area (Å²) in [5.41, 5.74) is -0.536. The molecule has 9 heteroatoms. The number of rotatable bonds is 3. The van der Waals surface area contributed by atoms with Gasteiger partial charge in [-0.15, -0.1) is 0 Å². The van der Waals surface area contributed by atoms with Gasteiger partial charge in [0.1, 0.15) is 0 Å². The zero-order valence-corrected chi connectivity index (χ0v) is 11.1. The Morgan fingerprint density at radius 1 is 1.50 bits per heavy atom. The van der Waals surface area contributed by atoms with E-state index in [0.29, 0.717) is 0 Å². The van der Waals surface area contributed by atoms with Gasteiger partial charge in [0.05, 0.1) is 9.95 Å². The molecular weight excluding hydrogens is 324 g/mol. The maximum absolute atomic E-state index is 11.5. The van der Waals surface area contributed by atoms with Crippen LogP contribution in [0.1, 0.15) is 0 Å². The fraction of sp³-hybridized carbons (Fsp3) is 0.143. The first-order valence-corrected chi connectivity index (χ1v) is 6.52. The average molecular weight is 330 g/mol. The van der Waals surface area contributed by atoms with Crippen LogP contribution >= 0.6 is 27.5 Å². The zero-order chi connectivity index (χ0) is 12.5. The van der Waals surface area contributed by atoms with Crippen molar-refractivity contribution in [3.8, 4) is 0 Å². The molecule has 6 nitrogen and oxygen atoms in total. The number of nitro groups is 1. The van der Waals surface area contributed by atoms with Gasteiger partial charge in [-0.05, 0) is 29.0 Å². The van der Waals surface area contributed by atoms with Crippen LogP contribution in [0.15, 0.2) is 21.5 Å². The second kappa shape index (κ2) is 4.66. The topological polar surface area (TPSA) is 89.3 Å². The van der Waals surface area contributed by atoms with E-state index in [1.54, 1.807) is 0 Å². The first kappa shape index (κ1) is 13.4. The Balaban J connectivity index is 3.61. The molecule has 0 fully saturated rings. The van der Waals surface area contributed by atoms with Gasteiger partial charge in [0.25, 0.3) is 5.69 Å². The molecule has 0 bridgehead atoms. The smallest absolute Gasteiger partial charge is 0.258 e. The summed E-state index contributed by atoms with van der Waals surface area (Å²) in [4.78, 5) is 9.45. The standard InChI is InChI=1S/C7H6BrClN2O4S/c1-10-16(14,15)7-3-5(9)4(8)2-6(7)11(12)13/h2-3,10H,1H3. The van der Waals surface area contributed by atoms with Crippen molar-refractivity contribution in [1.29, 1.82) is 0 Å². The lowest BCUT2D eigenvalue weighted by Gasteiger charge is -2.05. The van der Waals surface area contributed by atoms with Gasteiger partial charge in [-0.25, -0.2) is 13.1 Å². The van der Waals surface area contributed by atoms with Gasteiger partial charge in [-0.3, -0.25) is 10.1 Å². The molecule has 88 valence electrons. The summed E-state index contributed by atoms with van der Waals surface area (Å²) >= 11 is 8.68. The third kappa shape index (κ3) is 2.51. The Morgan fingerprint density at radius 2 is 2.06 bits per heavy atom. The summed E-state index contributed by atoms with van der Waals surface area (Å²) < 4.78 is 25.3. The highest BCUT2D eigenvalue weighted by Gasteiger charge is 2.26. The van der Waals surface area contributed by atoms with Crippen molar-refractivity contribution in [2.45, 2.75) is 4.90 Å². The van der Waals surface area contributed by atoms with Crippen molar-refractivity contribution in [2.24, 2.45) is 0 Å². The Morgan fingerprint density at radius 3 is 2.50 bits per heavy atom. The molecule has 0 aliphatic rings. The minimum atomic E-state index is -3.91. The predicted octanol–water partition coefficient (Wildman–Crippen LogP) is 1.92. The number of sulfonamides is 1. The van der Waals surface area contributed by atoms with Crippen molar-refractivity contribution in [3.05, 3.63) is 31.7 Å². The Hall–Kier alpha value is -0.700. The second-order valence-electron chi connectivity index (χ2n) is 2.70. The van der Waals surface area contributed by atoms with Crippen LogP contribution in [0.2, 0.25) is 5.02 Å². The van der Waals surface area contributed by atoms with Crippen LogP contribution < -0.4 is 4.72 Å². The highest BCUT2D eigenvalue weighted by atomic mass is 79.9. The van der Waals surface area contributed by atoms with E-state index in [1.165, 1.54) is 0 Å². The van der Waals surface area contributed by atoms with Crippen LogP contribution in [0.3, 0.4) is 0 Å². The molecule has 0 atom stereocenters. The van der Waals surface area contributed by atoms with Gasteiger partial charge in [-0.2, -0.15) is 0 Å². The van der Waals surface area contributed by atoms with Gasteiger partial charge in [0.2, 0.25) is 10.0 Å². The van der Waals surface area contributed by atoms with Crippen LogP contribution in [-0.2, 0) is 10.0 Å². The molecule has 0 heterocycles. The Bertz CT molecular complexity index is 546. The third-order valence-electron chi connectivity index (χ3n) is 1.76. The molecule has 0 unspecified atom stereocenters. The number of nitro benzene ring substituents is 1. The number of nitrogens with zero attached hydrogens (tertiary/aromatic N) is 1. The fourth-order valence-electron chi connectivity index (χ4n) is 0.986. The van der Waals surface area contributed by atoms with Crippen LogP contribution in [0.25, 0.3) is 0 Å². The summed E-state index contributed by atoms with van der Waals surface area (Å²) in [7, 11) is -2.75. The molecule has 1 aromatic rings. The minimum absolute atomic E-state index is 0.0828. The van der Waals surface area contributed by atoms with E-state index in [9.17, 15) is 18.5 Å². The molecule has 0 saturated carbocycles. The monoisotopic (exact) mass is 328 g/mol. The molecule has 0 saturated heterocycles. The lowest BCUT2D eigenvalue weighted by Crippen LogP contribution is -2.19. The Labute approximate surface area is 105 Å². The molecular formula is C7H6BrClN2O4S. The molecule has 0 aromatic heterocycles. The summed E-state index contributed by atoms with van der Waals surface area (Å²) in [5.74, 6) is 0. The lowest BCUT2D eigenvalue weighted by atomic mass is 10.3. The first-order chi connectivity index (χ1) is 7.29. The molecule has 1 N–H and O–H groups in total. The molecule has 0 aliphatic carbocycles. The molecule has 1 rings (SSSR count). The van der Waals surface area contributed by atoms with E-state index in [4.69, 9.17) is 11.6 Å². The quantitative estimate of drug-likeness (QED) is 0.677. The summed E-state index contributed by atoms with van der Waals surface area (Å²) in [6, 6.07) is 2.07. The number of halogens is 2. The second-order valence-corrected chi connectivity index (χ2v) is 5.82. The summed E-state index contributed by atoms with van der Waals surface area (Å²) in [6.07, 6.45) is 0. The highest BCUT2D eigenvalue weighted by Crippen LogP contribution is 2.33. The van der Waals surface area contributed by atoms with Gasteiger partial charge in [0.15, 0.2) is 4.90 Å².